The van der Waals surface area contributed by atoms with Crippen LogP contribution in [0.1, 0.15) is 57.3 Å². The number of nitrogen functional groups attached to an aromatic ring is 1. The number of anilines is 2. The number of furan rings is 1. The van der Waals surface area contributed by atoms with Gasteiger partial charge < -0.3 is 25.5 Å². The van der Waals surface area contributed by atoms with E-state index < -0.39 is 0 Å². The van der Waals surface area contributed by atoms with Crippen molar-refractivity contribution in [1.29, 1.82) is 0 Å². The third kappa shape index (κ3) is 4.00. The molecule has 2 fully saturated rings. The smallest absolute Gasteiger partial charge is 0.253 e. The molecular weight excluding hydrogens is 478 g/mol. The third-order valence-corrected chi connectivity index (χ3v) is 8.57. The van der Waals surface area contributed by atoms with Crippen LogP contribution in [-0.4, -0.2) is 51.1 Å². The molecule has 2 heterocycles. The molecule has 0 aliphatic heterocycles. The van der Waals surface area contributed by atoms with Gasteiger partial charge in [0.2, 0.25) is 5.95 Å². The maximum atomic E-state index is 13.1. The fourth-order valence-corrected chi connectivity index (χ4v) is 6.23. The van der Waals surface area contributed by atoms with Crippen LogP contribution in [0.5, 0.6) is 0 Å². The van der Waals surface area contributed by atoms with Gasteiger partial charge in [-0.2, -0.15) is 4.98 Å². The molecule has 192 valence electrons. The number of hydrogen-bond donors (Lipinski definition) is 3. The van der Waals surface area contributed by atoms with Gasteiger partial charge in [0.1, 0.15) is 22.3 Å². The Bertz CT molecular complexity index is 1300. The van der Waals surface area contributed by atoms with Crippen LogP contribution in [0.15, 0.2) is 28.7 Å². The number of rotatable bonds is 8. The standard InChI is InChI=1S/C27H34ClN5O3/c1-5-9-33(10-6-2)25(35)16-8-7-15-11-20(36-19(15)12-16)21-23(28)31-26(29)32-24(21)30-18-13-17-22(34)27(17,4)14(18)3/h7-8,11-12,14,17-18,22,34H,5-6,9-10,13H2,1-4H3,(H3,29,30,31,32). The van der Waals surface area contributed by atoms with Gasteiger partial charge in [-0.25, -0.2) is 4.98 Å². The number of benzene rings is 1. The average molecular weight is 512 g/mol. The monoisotopic (exact) mass is 511 g/mol. The molecule has 2 saturated carbocycles. The SMILES string of the molecule is CCCN(CCC)C(=O)c1ccc2cc(-c3c(Cl)nc(N)nc3NC3CC4C(O)C4(C)C3C)oc2c1. The Labute approximate surface area is 216 Å². The van der Waals surface area contributed by atoms with E-state index in [9.17, 15) is 9.90 Å². The number of carbonyl (C=O) groups excluding carboxylic acids is 1. The molecule has 1 aromatic carbocycles. The van der Waals surface area contributed by atoms with Crippen molar-refractivity contribution in [3.05, 3.63) is 35.0 Å². The van der Waals surface area contributed by atoms with Crippen LogP contribution in [0.4, 0.5) is 11.8 Å². The summed E-state index contributed by atoms with van der Waals surface area (Å²) in [6, 6.07) is 7.50. The van der Waals surface area contributed by atoms with E-state index in [1.807, 2.05) is 23.1 Å². The summed E-state index contributed by atoms with van der Waals surface area (Å²) in [4.78, 5) is 23.6. The predicted octanol–water partition coefficient (Wildman–Crippen LogP) is 5.20. The van der Waals surface area contributed by atoms with Gasteiger partial charge in [0.25, 0.3) is 5.91 Å². The highest BCUT2D eigenvalue weighted by Gasteiger charge is 2.69. The minimum absolute atomic E-state index is 0.000718. The Morgan fingerprint density at radius 2 is 2.00 bits per heavy atom. The molecule has 36 heavy (non-hydrogen) atoms. The number of nitrogens with two attached hydrogens (primary N) is 1. The van der Waals surface area contributed by atoms with Gasteiger partial charge >= 0.3 is 0 Å². The van der Waals surface area contributed by atoms with Crippen LogP contribution in [0, 0.1) is 17.3 Å². The number of hydrogen-bond acceptors (Lipinski definition) is 7. The number of fused-ring (bicyclic) bond motifs is 2. The molecule has 8 nitrogen and oxygen atoms in total. The number of aliphatic hydroxyl groups excluding tert-OH is 1. The second-order valence-electron chi connectivity index (χ2n) is 10.4. The fourth-order valence-electron chi connectivity index (χ4n) is 5.96. The Morgan fingerprint density at radius 3 is 2.64 bits per heavy atom. The first-order chi connectivity index (χ1) is 17.2. The van der Waals surface area contributed by atoms with E-state index in [0.717, 1.165) is 37.7 Å². The minimum atomic E-state index is -0.248. The van der Waals surface area contributed by atoms with E-state index in [1.165, 1.54) is 0 Å². The van der Waals surface area contributed by atoms with Crippen molar-refractivity contribution in [3.8, 4) is 11.3 Å². The lowest BCUT2D eigenvalue weighted by molar-refractivity contribution is 0.0755. The molecule has 5 atom stereocenters. The molecule has 1 amide bonds. The van der Waals surface area contributed by atoms with Crippen molar-refractivity contribution in [1.82, 2.24) is 14.9 Å². The van der Waals surface area contributed by atoms with E-state index in [2.05, 4.69) is 43.0 Å². The number of nitrogens with one attached hydrogen (secondary N) is 1. The number of halogens is 1. The Hall–Kier alpha value is -2.84. The van der Waals surface area contributed by atoms with Crippen molar-refractivity contribution in [2.24, 2.45) is 17.3 Å². The molecule has 3 aromatic rings. The zero-order chi connectivity index (χ0) is 25.8. The van der Waals surface area contributed by atoms with Crippen LogP contribution in [0.2, 0.25) is 5.15 Å². The highest BCUT2D eigenvalue weighted by Crippen LogP contribution is 2.66. The van der Waals surface area contributed by atoms with E-state index in [-0.39, 0.29) is 46.4 Å². The predicted molar refractivity (Wildman–Crippen MR) is 142 cm³/mol. The first-order valence-electron chi connectivity index (χ1n) is 12.8. The fraction of sp³-hybridized carbons (Fsp3) is 0.519. The summed E-state index contributed by atoms with van der Waals surface area (Å²) in [5, 5.41) is 14.8. The van der Waals surface area contributed by atoms with Crippen molar-refractivity contribution in [2.75, 3.05) is 24.1 Å². The maximum Gasteiger partial charge on any atom is 0.253 e. The lowest BCUT2D eigenvalue weighted by Crippen LogP contribution is -2.32. The third-order valence-electron chi connectivity index (χ3n) is 8.29. The van der Waals surface area contributed by atoms with Crippen LogP contribution in [0.25, 0.3) is 22.3 Å². The van der Waals surface area contributed by atoms with Gasteiger partial charge in [0.15, 0.2) is 0 Å². The van der Waals surface area contributed by atoms with Crippen molar-refractivity contribution < 1.29 is 14.3 Å². The lowest BCUT2D eigenvalue weighted by Gasteiger charge is -2.26. The summed E-state index contributed by atoms with van der Waals surface area (Å²) in [5.74, 6) is 1.62. The number of aliphatic hydroxyl groups is 1. The maximum absolute atomic E-state index is 13.1. The van der Waals surface area contributed by atoms with Gasteiger partial charge in [-0.05, 0) is 49.3 Å². The molecule has 2 aliphatic rings. The Kier molecular flexibility index (Phi) is 6.37. The molecule has 0 spiro atoms. The second-order valence-corrected chi connectivity index (χ2v) is 10.8. The molecule has 0 radical (unpaired) electrons. The minimum Gasteiger partial charge on any atom is -0.456 e. The van der Waals surface area contributed by atoms with Gasteiger partial charge in [-0.1, -0.05) is 45.4 Å². The first-order valence-corrected chi connectivity index (χ1v) is 13.2. The molecule has 4 N–H and O–H groups in total. The molecule has 0 saturated heterocycles. The number of amides is 1. The largest absolute Gasteiger partial charge is 0.456 e. The van der Waals surface area contributed by atoms with Crippen LogP contribution >= 0.6 is 11.6 Å². The number of aromatic nitrogens is 2. The molecule has 9 heteroatoms. The molecule has 5 unspecified atom stereocenters. The van der Waals surface area contributed by atoms with E-state index in [0.29, 0.717) is 28.3 Å². The summed E-state index contributed by atoms with van der Waals surface area (Å²) in [5.41, 5.74) is 7.59. The van der Waals surface area contributed by atoms with Gasteiger partial charge in [0, 0.05) is 35.5 Å². The van der Waals surface area contributed by atoms with Crippen molar-refractivity contribution in [2.45, 2.75) is 59.1 Å². The molecule has 2 aliphatic carbocycles. The lowest BCUT2D eigenvalue weighted by atomic mass is 9.90. The number of carbonyl (C=O) groups is 1. The van der Waals surface area contributed by atoms with Crippen LogP contribution in [0.3, 0.4) is 0 Å². The second kappa shape index (κ2) is 9.23. The summed E-state index contributed by atoms with van der Waals surface area (Å²) >= 11 is 6.57. The highest BCUT2D eigenvalue weighted by atomic mass is 35.5. The zero-order valence-corrected chi connectivity index (χ0v) is 22.0. The summed E-state index contributed by atoms with van der Waals surface area (Å²) < 4.78 is 6.21. The van der Waals surface area contributed by atoms with Crippen molar-refractivity contribution in [3.63, 3.8) is 0 Å². The quantitative estimate of drug-likeness (QED) is 0.355. The van der Waals surface area contributed by atoms with E-state index in [1.54, 1.807) is 6.07 Å². The van der Waals surface area contributed by atoms with Crippen LogP contribution in [-0.2, 0) is 0 Å². The zero-order valence-electron chi connectivity index (χ0n) is 21.2. The molecule has 0 bridgehead atoms. The summed E-state index contributed by atoms with van der Waals surface area (Å²) in [6.07, 6.45) is 2.41. The Balaban J connectivity index is 1.47. The molecule has 2 aromatic heterocycles. The topological polar surface area (TPSA) is 118 Å². The molecular formula is C27H34ClN5O3. The van der Waals surface area contributed by atoms with E-state index >= 15 is 0 Å². The average Bonchev–Trinajstić information content (AvgIpc) is 3.12. The first kappa shape index (κ1) is 24.8. The van der Waals surface area contributed by atoms with Gasteiger partial charge in [-0.3, -0.25) is 4.79 Å². The summed E-state index contributed by atoms with van der Waals surface area (Å²) in [7, 11) is 0. The van der Waals surface area contributed by atoms with Crippen molar-refractivity contribution >= 4 is 40.2 Å². The molecule has 5 rings (SSSR count). The Morgan fingerprint density at radius 1 is 1.28 bits per heavy atom. The number of nitrogens with zero attached hydrogens (tertiary/aromatic N) is 3. The van der Waals surface area contributed by atoms with Gasteiger partial charge in [0.05, 0.1) is 11.7 Å². The van der Waals surface area contributed by atoms with Crippen LogP contribution < -0.4 is 11.1 Å². The summed E-state index contributed by atoms with van der Waals surface area (Å²) in [6.45, 7) is 9.87. The highest BCUT2D eigenvalue weighted by molar-refractivity contribution is 6.32. The van der Waals surface area contributed by atoms with Gasteiger partial charge in [-0.15, -0.1) is 0 Å². The normalized spacial score (nSPS) is 26.7. The van der Waals surface area contributed by atoms with E-state index in [4.69, 9.17) is 21.8 Å².